The van der Waals surface area contributed by atoms with Gasteiger partial charge in [0.05, 0.1) is 0 Å². The molecule has 1 aliphatic carbocycles. The highest BCUT2D eigenvalue weighted by atomic mass is 32.2. The lowest BCUT2D eigenvalue weighted by atomic mass is 9.95. The minimum Gasteiger partial charge on any atom is -0.352 e. The first-order valence-corrected chi connectivity index (χ1v) is 12.5. The van der Waals surface area contributed by atoms with Crippen LogP contribution < -0.4 is 10.6 Å². The molecular formula is C23H34FN3O4S. The Morgan fingerprint density at radius 1 is 1.09 bits per heavy atom. The summed E-state index contributed by atoms with van der Waals surface area (Å²) in [6, 6.07) is 4.60. The normalized spacial score (nSPS) is 16.7. The molecule has 1 fully saturated rings. The molecule has 1 aromatic rings. The average Bonchev–Trinajstić information content (AvgIpc) is 2.69. The summed E-state index contributed by atoms with van der Waals surface area (Å²) in [6.45, 7) is 7.13. The third kappa shape index (κ3) is 8.00. The van der Waals surface area contributed by atoms with Crippen LogP contribution in [0.1, 0.15) is 59.8 Å². The monoisotopic (exact) mass is 467 g/mol. The van der Waals surface area contributed by atoms with Crippen molar-refractivity contribution in [3.05, 3.63) is 30.1 Å². The van der Waals surface area contributed by atoms with Crippen molar-refractivity contribution in [3.63, 3.8) is 0 Å². The fourth-order valence-corrected chi connectivity index (χ4v) is 4.87. The summed E-state index contributed by atoms with van der Waals surface area (Å²) in [7, 11) is -1.76. The maximum Gasteiger partial charge on any atom is 0.242 e. The Morgan fingerprint density at radius 3 is 2.25 bits per heavy atom. The van der Waals surface area contributed by atoms with Gasteiger partial charge < -0.3 is 15.5 Å². The van der Waals surface area contributed by atoms with Crippen LogP contribution in [0.2, 0.25) is 0 Å². The van der Waals surface area contributed by atoms with Gasteiger partial charge in [-0.1, -0.05) is 19.3 Å². The highest BCUT2D eigenvalue weighted by Gasteiger charge is 2.36. The molecule has 1 aromatic carbocycles. The van der Waals surface area contributed by atoms with Gasteiger partial charge in [0.1, 0.15) is 23.4 Å². The molecule has 0 aliphatic heterocycles. The van der Waals surface area contributed by atoms with Crippen molar-refractivity contribution in [2.45, 2.75) is 77.4 Å². The van der Waals surface area contributed by atoms with Gasteiger partial charge in [-0.05, 0) is 64.8 Å². The van der Waals surface area contributed by atoms with E-state index in [-0.39, 0.29) is 23.5 Å². The third-order valence-corrected chi connectivity index (χ3v) is 6.57. The molecule has 178 valence electrons. The number of hydrogen-bond acceptors (Lipinski definition) is 4. The molecule has 3 amide bonds. The van der Waals surface area contributed by atoms with Crippen LogP contribution in [0.15, 0.2) is 24.3 Å². The number of hydrogen-bond donors (Lipinski definition) is 2. The third-order valence-electron chi connectivity index (χ3n) is 5.41. The summed E-state index contributed by atoms with van der Waals surface area (Å²) in [4.78, 5) is 39.4. The van der Waals surface area contributed by atoms with Crippen molar-refractivity contribution >= 4 is 34.2 Å². The lowest BCUT2D eigenvalue weighted by Gasteiger charge is -2.40. The van der Waals surface area contributed by atoms with Crippen LogP contribution in [0, 0.1) is 5.82 Å². The van der Waals surface area contributed by atoms with Crippen LogP contribution >= 0.6 is 0 Å². The topological polar surface area (TPSA) is 95.6 Å². The van der Waals surface area contributed by atoms with E-state index in [2.05, 4.69) is 10.6 Å². The van der Waals surface area contributed by atoms with Crippen LogP contribution in [0.4, 0.5) is 10.1 Å². The zero-order valence-electron chi connectivity index (χ0n) is 19.3. The molecular weight excluding hydrogens is 433 g/mol. The van der Waals surface area contributed by atoms with Gasteiger partial charge in [-0.25, -0.2) is 4.39 Å². The Labute approximate surface area is 192 Å². The van der Waals surface area contributed by atoms with Gasteiger partial charge >= 0.3 is 0 Å². The zero-order valence-corrected chi connectivity index (χ0v) is 20.1. The lowest BCUT2D eigenvalue weighted by molar-refractivity contribution is -0.143. The Kier molecular flexibility index (Phi) is 9.36. The van der Waals surface area contributed by atoms with E-state index in [1.54, 1.807) is 6.92 Å². The molecule has 0 radical (unpaired) electrons. The SMILES string of the molecule is C[C@@H](C(=O)NC1CCCCC1)N(C(=O)C[S@](=O)CC(=O)Nc1ccc(F)cc1)C(C)(C)C. The number of benzene rings is 1. The van der Waals surface area contributed by atoms with E-state index in [4.69, 9.17) is 0 Å². The Hall–Kier alpha value is -2.29. The number of amides is 3. The Balaban J connectivity index is 1.95. The van der Waals surface area contributed by atoms with Crippen molar-refractivity contribution in [2.75, 3.05) is 16.8 Å². The molecule has 2 N–H and O–H groups in total. The van der Waals surface area contributed by atoms with E-state index in [1.807, 2.05) is 20.8 Å². The van der Waals surface area contributed by atoms with E-state index in [9.17, 15) is 23.0 Å². The highest BCUT2D eigenvalue weighted by molar-refractivity contribution is 7.86. The summed E-state index contributed by atoms with van der Waals surface area (Å²) < 4.78 is 25.5. The lowest BCUT2D eigenvalue weighted by Crippen LogP contribution is -2.58. The summed E-state index contributed by atoms with van der Waals surface area (Å²) in [5.74, 6) is -2.37. The van der Waals surface area contributed by atoms with Gasteiger partial charge in [0.2, 0.25) is 17.7 Å². The maximum atomic E-state index is 13.0. The fourth-order valence-electron chi connectivity index (χ4n) is 3.99. The van der Waals surface area contributed by atoms with Gasteiger partial charge in [-0.2, -0.15) is 0 Å². The molecule has 0 bridgehead atoms. The molecule has 32 heavy (non-hydrogen) atoms. The van der Waals surface area contributed by atoms with Gasteiger partial charge in [0.25, 0.3) is 0 Å². The number of rotatable bonds is 8. The largest absolute Gasteiger partial charge is 0.352 e. The second-order valence-corrected chi connectivity index (χ2v) is 10.7. The van der Waals surface area contributed by atoms with Crippen LogP contribution in [0.3, 0.4) is 0 Å². The van der Waals surface area contributed by atoms with E-state index < -0.39 is 40.0 Å². The van der Waals surface area contributed by atoms with Gasteiger partial charge in [-0.15, -0.1) is 0 Å². The second kappa shape index (κ2) is 11.5. The summed E-state index contributed by atoms with van der Waals surface area (Å²) in [5, 5.41) is 5.57. The fraction of sp³-hybridized carbons (Fsp3) is 0.609. The van der Waals surface area contributed by atoms with Crippen molar-refractivity contribution in [1.82, 2.24) is 10.2 Å². The molecule has 2 rings (SSSR count). The predicted molar refractivity (Wildman–Crippen MR) is 124 cm³/mol. The van der Waals surface area contributed by atoms with E-state index in [0.29, 0.717) is 5.69 Å². The van der Waals surface area contributed by atoms with Crippen molar-refractivity contribution in [3.8, 4) is 0 Å². The molecule has 7 nitrogen and oxygen atoms in total. The van der Waals surface area contributed by atoms with Crippen LogP contribution in [0.25, 0.3) is 0 Å². The molecule has 9 heteroatoms. The summed E-state index contributed by atoms with van der Waals surface area (Å²) >= 11 is 0. The number of nitrogens with one attached hydrogen (secondary N) is 2. The van der Waals surface area contributed by atoms with E-state index in [1.165, 1.54) is 35.6 Å². The predicted octanol–water partition coefficient (Wildman–Crippen LogP) is 2.98. The highest BCUT2D eigenvalue weighted by Crippen LogP contribution is 2.21. The van der Waals surface area contributed by atoms with Gasteiger partial charge in [0.15, 0.2) is 0 Å². The van der Waals surface area contributed by atoms with Crippen LogP contribution in [-0.4, -0.2) is 56.0 Å². The minimum atomic E-state index is -1.76. The van der Waals surface area contributed by atoms with E-state index in [0.717, 1.165) is 25.7 Å². The number of carbonyl (C=O) groups excluding carboxylic acids is 3. The first-order chi connectivity index (χ1) is 15.0. The number of anilines is 1. The smallest absolute Gasteiger partial charge is 0.242 e. The first-order valence-electron chi connectivity index (χ1n) is 11.0. The Morgan fingerprint density at radius 2 is 1.69 bits per heavy atom. The molecule has 1 aliphatic rings. The van der Waals surface area contributed by atoms with Crippen LogP contribution in [-0.2, 0) is 25.2 Å². The van der Waals surface area contributed by atoms with Crippen molar-refractivity contribution < 1.29 is 23.0 Å². The molecule has 0 spiro atoms. The average molecular weight is 468 g/mol. The molecule has 0 unspecified atom stereocenters. The van der Waals surface area contributed by atoms with Crippen molar-refractivity contribution in [2.24, 2.45) is 0 Å². The quantitative estimate of drug-likeness (QED) is 0.614. The van der Waals surface area contributed by atoms with E-state index >= 15 is 0 Å². The number of nitrogens with zero attached hydrogens (tertiary/aromatic N) is 1. The molecule has 0 saturated heterocycles. The minimum absolute atomic E-state index is 0.125. The van der Waals surface area contributed by atoms with Gasteiger partial charge in [-0.3, -0.25) is 18.6 Å². The van der Waals surface area contributed by atoms with Gasteiger partial charge in [0, 0.05) is 28.1 Å². The van der Waals surface area contributed by atoms with Crippen LogP contribution in [0.5, 0.6) is 0 Å². The molecule has 1 saturated carbocycles. The first kappa shape index (κ1) is 26.0. The number of carbonyl (C=O) groups is 3. The Bertz CT molecular complexity index is 833. The zero-order chi connectivity index (χ0) is 23.9. The maximum absolute atomic E-state index is 13.0. The summed E-state index contributed by atoms with van der Waals surface area (Å²) in [5.41, 5.74) is -0.287. The summed E-state index contributed by atoms with van der Waals surface area (Å²) in [6.07, 6.45) is 5.22. The van der Waals surface area contributed by atoms with Crippen molar-refractivity contribution in [1.29, 1.82) is 0 Å². The second-order valence-electron chi connectivity index (χ2n) is 9.24. The standard InChI is InChI=1S/C23H34FN3O4S/c1-16(22(30)26-18-8-6-5-7-9-18)27(23(2,3)4)21(29)15-32(31)14-20(28)25-19-12-10-17(24)11-13-19/h10-13,16,18H,5-9,14-15H2,1-4H3,(H,25,28)(H,26,30)/t16-,32+/m0/s1. The molecule has 0 heterocycles. The molecule has 2 atom stereocenters. The number of halogens is 1. The molecule has 0 aromatic heterocycles.